The third-order valence-electron chi connectivity index (χ3n) is 2.85. The Morgan fingerprint density at radius 3 is 2.74 bits per heavy atom. The summed E-state index contributed by atoms with van der Waals surface area (Å²) in [5.74, 6) is 0.633. The summed E-state index contributed by atoms with van der Waals surface area (Å²) >= 11 is 5.68. The molecule has 0 aliphatic heterocycles. The van der Waals surface area contributed by atoms with E-state index >= 15 is 0 Å². The molecular weight excluding hydrogens is 264 g/mol. The van der Waals surface area contributed by atoms with Crippen LogP contribution in [0.5, 0.6) is 5.88 Å². The number of halogens is 1. The number of allylic oxidation sites excluding steroid dienone is 3. The Morgan fingerprint density at radius 2 is 2.11 bits per heavy atom. The van der Waals surface area contributed by atoms with E-state index in [1.54, 1.807) is 6.20 Å². The molecule has 1 aliphatic rings. The Kier molecular flexibility index (Phi) is 4.98. The third-order valence-corrected chi connectivity index (χ3v) is 3.06. The summed E-state index contributed by atoms with van der Waals surface area (Å²) in [5, 5.41) is 11.7. The number of hydrogen-bond donors (Lipinski definition) is 1. The van der Waals surface area contributed by atoms with Crippen LogP contribution in [0.1, 0.15) is 19.3 Å². The lowest BCUT2D eigenvalue weighted by Gasteiger charge is -2.14. The maximum absolute atomic E-state index is 8.51. The van der Waals surface area contributed by atoms with Crippen LogP contribution in [0.2, 0.25) is 0 Å². The molecule has 1 heterocycles. The fourth-order valence-electron chi connectivity index (χ4n) is 1.81. The van der Waals surface area contributed by atoms with Gasteiger partial charge in [-0.1, -0.05) is 40.5 Å². The van der Waals surface area contributed by atoms with Gasteiger partial charge in [-0.3, -0.25) is 0 Å². The van der Waals surface area contributed by atoms with Gasteiger partial charge in [0.2, 0.25) is 5.88 Å². The first-order valence-corrected chi connectivity index (χ1v) is 6.43. The van der Waals surface area contributed by atoms with Crippen LogP contribution >= 0.6 is 11.6 Å². The molecule has 0 unspecified atom stereocenters. The predicted octanol–water partition coefficient (Wildman–Crippen LogP) is 3.52. The minimum absolute atomic E-state index is 0.216. The third kappa shape index (κ3) is 4.41. The summed E-state index contributed by atoms with van der Waals surface area (Å²) in [6.45, 7) is 0.544. The Labute approximate surface area is 117 Å². The van der Waals surface area contributed by atoms with Crippen LogP contribution in [0.3, 0.4) is 0 Å². The van der Waals surface area contributed by atoms with Gasteiger partial charge in [0.25, 0.3) is 0 Å². The standard InChI is InChI=1S/C14H15ClN2O2/c15-13(17-18)9-11-4-6-12(7-5-11)10-19-14-3-1-2-8-16-14/h1-4,6,8,18H,5,7,9-10H2/b17-13-. The van der Waals surface area contributed by atoms with E-state index in [-0.39, 0.29) is 5.17 Å². The fourth-order valence-corrected chi connectivity index (χ4v) is 1.98. The van der Waals surface area contributed by atoms with Gasteiger partial charge >= 0.3 is 0 Å². The van der Waals surface area contributed by atoms with Crippen LogP contribution in [0.4, 0.5) is 0 Å². The van der Waals surface area contributed by atoms with E-state index in [0.717, 1.165) is 18.4 Å². The maximum Gasteiger partial charge on any atom is 0.213 e. The van der Waals surface area contributed by atoms with Crippen molar-refractivity contribution >= 4 is 16.8 Å². The van der Waals surface area contributed by atoms with Gasteiger partial charge in [0.05, 0.1) is 0 Å². The topological polar surface area (TPSA) is 54.7 Å². The minimum Gasteiger partial charge on any atom is -0.473 e. The zero-order valence-corrected chi connectivity index (χ0v) is 11.2. The van der Waals surface area contributed by atoms with E-state index in [1.165, 1.54) is 5.57 Å². The number of pyridine rings is 1. The van der Waals surface area contributed by atoms with Crippen LogP contribution in [0, 0.1) is 0 Å². The van der Waals surface area contributed by atoms with Crippen LogP contribution < -0.4 is 4.74 Å². The van der Waals surface area contributed by atoms with E-state index in [0.29, 0.717) is 18.9 Å². The van der Waals surface area contributed by atoms with E-state index in [1.807, 2.05) is 30.4 Å². The van der Waals surface area contributed by atoms with Gasteiger partial charge in [0, 0.05) is 18.7 Å². The molecule has 0 atom stereocenters. The van der Waals surface area contributed by atoms with Crippen molar-refractivity contribution in [2.75, 3.05) is 6.61 Å². The zero-order valence-electron chi connectivity index (χ0n) is 10.4. The fraction of sp³-hybridized carbons (Fsp3) is 0.286. The van der Waals surface area contributed by atoms with Crippen LogP contribution in [-0.2, 0) is 0 Å². The highest BCUT2D eigenvalue weighted by Crippen LogP contribution is 2.22. The Hall–Kier alpha value is -1.81. The van der Waals surface area contributed by atoms with Gasteiger partial charge in [-0.15, -0.1) is 0 Å². The van der Waals surface area contributed by atoms with Gasteiger partial charge in [-0.05, 0) is 24.5 Å². The van der Waals surface area contributed by atoms with Crippen molar-refractivity contribution in [3.05, 3.63) is 47.7 Å². The summed E-state index contributed by atoms with van der Waals surface area (Å²) in [6.07, 6.45) is 8.08. The maximum atomic E-state index is 8.51. The quantitative estimate of drug-likeness (QED) is 0.509. The van der Waals surface area contributed by atoms with E-state index < -0.39 is 0 Å². The molecule has 0 radical (unpaired) electrons. The SMILES string of the molecule is O/N=C(\Cl)CC1=CC=C(COc2ccccn2)CC1. The summed E-state index contributed by atoms with van der Waals surface area (Å²) < 4.78 is 5.58. The number of ether oxygens (including phenoxy) is 1. The highest BCUT2D eigenvalue weighted by Gasteiger charge is 2.09. The molecule has 0 bridgehead atoms. The van der Waals surface area contributed by atoms with E-state index in [4.69, 9.17) is 21.5 Å². The van der Waals surface area contributed by atoms with E-state index in [2.05, 4.69) is 10.1 Å². The lowest BCUT2D eigenvalue weighted by atomic mass is 9.97. The average Bonchev–Trinajstić information content (AvgIpc) is 2.47. The first-order chi connectivity index (χ1) is 9.28. The van der Waals surface area contributed by atoms with Gasteiger partial charge in [-0.2, -0.15) is 0 Å². The lowest BCUT2D eigenvalue weighted by molar-refractivity contribution is 0.319. The van der Waals surface area contributed by atoms with Gasteiger partial charge in [0.15, 0.2) is 0 Å². The van der Waals surface area contributed by atoms with Crippen LogP contribution in [-0.4, -0.2) is 22.0 Å². The second kappa shape index (κ2) is 6.95. The van der Waals surface area contributed by atoms with Crippen molar-refractivity contribution in [3.63, 3.8) is 0 Å². The van der Waals surface area contributed by atoms with Gasteiger partial charge < -0.3 is 9.94 Å². The first-order valence-electron chi connectivity index (χ1n) is 6.05. The smallest absolute Gasteiger partial charge is 0.213 e. The molecule has 1 aliphatic carbocycles. The second-order valence-electron chi connectivity index (χ2n) is 4.26. The van der Waals surface area contributed by atoms with Crippen molar-refractivity contribution < 1.29 is 9.94 Å². The van der Waals surface area contributed by atoms with Crippen LogP contribution in [0.25, 0.3) is 0 Å². The molecule has 19 heavy (non-hydrogen) atoms. The molecule has 0 amide bonds. The van der Waals surface area contributed by atoms with Crippen molar-refractivity contribution in [1.29, 1.82) is 0 Å². The van der Waals surface area contributed by atoms with Gasteiger partial charge in [-0.25, -0.2) is 4.98 Å². The normalized spacial score (nSPS) is 15.7. The highest BCUT2D eigenvalue weighted by molar-refractivity contribution is 6.65. The summed E-state index contributed by atoms with van der Waals surface area (Å²) in [5.41, 5.74) is 2.37. The first kappa shape index (κ1) is 13.6. The predicted molar refractivity (Wildman–Crippen MR) is 74.8 cm³/mol. The molecule has 0 saturated heterocycles. The average molecular weight is 279 g/mol. The molecule has 0 fully saturated rings. The minimum atomic E-state index is 0.216. The molecule has 4 nitrogen and oxygen atoms in total. The number of nitrogens with zero attached hydrogens (tertiary/aromatic N) is 2. The Balaban J connectivity index is 1.86. The molecule has 0 saturated carbocycles. The van der Waals surface area contributed by atoms with Crippen LogP contribution in [0.15, 0.2) is 52.8 Å². The summed E-state index contributed by atoms with van der Waals surface area (Å²) in [7, 11) is 0. The molecule has 0 aromatic carbocycles. The van der Waals surface area contributed by atoms with Crippen molar-refractivity contribution in [1.82, 2.24) is 4.98 Å². The Bertz CT molecular complexity index is 509. The molecular formula is C14H15ClN2O2. The Morgan fingerprint density at radius 1 is 1.32 bits per heavy atom. The zero-order chi connectivity index (χ0) is 13.5. The largest absolute Gasteiger partial charge is 0.473 e. The molecule has 0 spiro atoms. The van der Waals surface area contributed by atoms with Gasteiger partial charge in [0.1, 0.15) is 11.8 Å². The molecule has 100 valence electrons. The molecule has 1 aromatic heterocycles. The number of aromatic nitrogens is 1. The lowest BCUT2D eigenvalue weighted by Crippen LogP contribution is -2.06. The second-order valence-corrected chi connectivity index (χ2v) is 4.70. The molecule has 1 N–H and O–H groups in total. The van der Waals surface area contributed by atoms with Crippen molar-refractivity contribution in [3.8, 4) is 5.88 Å². The number of oxime groups is 1. The van der Waals surface area contributed by atoms with Crippen molar-refractivity contribution in [2.45, 2.75) is 19.3 Å². The number of hydrogen-bond acceptors (Lipinski definition) is 4. The summed E-state index contributed by atoms with van der Waals surface area (Å²) in [4.78, 5) is 4.10. The summed E-state index contributed by atoms with van der Waals surface area (Å²) in [6, 6.07) is 5.59. The molecule has 2 rings (SSSR count). The highest BCUT2D eigenvalue weighted by atomic mass is 35.5. The van der Waals surface area contributed by atoms with Crippen molar-refractivity contribution in [2.24, 2.45) is 5.16 Å². The van der Waals surface area contributed by atoms with E-state index in [9.17, 15) is 0 Å². The monoisotopic (exact) mass is 278 g/mol. The molecule has 1 aromatic rings. The molecule has 5 heteroatoms. The number of rotatable bonds is 5.